The maximum atomic E-state index is 13.8. The Morgan fingerprint density at radius 1 is 0.951 bits per heavy atom. The van der Waals surface area contributed by atoms with Gasteiger partial charge in [-0.25, -0.2) is 9.78 Å². The van der Waals surface area contributed by atoms with Crippen LogP contribution < -0.4 is 11.1 Å². The maximum absolute atomic E-state index is 13.8. The van der Waals surface area contributed by atoms with E-state index in [0.29, 0.717) is 45.2 Å². The lowest BCUT2D eigenvalue weighted by Crippen LogP contribution is -2.51. The number of rotatable bonds is 18. The molecular weight excluding hydrogens is 785 g/mol. The number of nitrogens with one attached hydrogen (secondary N) is 2. The van der Waals surface area contributed by atoms with Gasteiger partial charge in [-0.2, -0.15) is 0 Å². The molecule has 3 amide bonds. The number of carbonyl (C=O) groups excluding carboxylic acids is 3. The summed E-state index contributed by atoms with van der Waals surface area (Å²) in [4.78, 5) is 60.7. The van der Waals surface area contributed by atoms with Crippen LogP contribution in [0.5, 0.6) is 0 Å². The van der Waals surface area contributed by atoms with E-state index < -0.39 is 42.7 Å². The standard InChI is InChI=1S/C44H66N8O9/c1-25(2)36(45)42(54)52-24-29(53)21-35(52)41-46-22-32(48-41)28-12-10-27(11-13-28)30-14-15-31(39(61-20-18-58-6)38(30)60-19-17-57-5)33-23-47-40(49-33)34-9-8-16-51(34)43(55)37(26(3)4)50-44(56)59-7/h10,14-15,22-23,25-26,28-29,34-39,41,53H,8-9,11-13,16-21,24,45H2,1-7H3,(H,47,49)(H,50,56). The van der Waals surface area contributed by atoms with Crippen LogP contribution in [0.1, 0.15) is 83.8 Å². The fourth-order valence-electron chi connectivity index (χ4n) is 8.93. The largest absolute Gasteiger partial charge is 0.453 e. The number of ether oxygens (including phenoxy) is 5. The Kier molecular flexibility index (Phi) is 16.1. The molecule has 1 aromatic rings. The molecule has 61 heavy (non-hydrogen) atoms. The number of hydrogen-bond donors (Lipinski definition) is 4. The third-order valence-electron chi connectivity index (χ3n) is 12.4. The van der Waals surface area contributed by atoms with E-state index in [-0.39, 0.29) is 48.2 Å². The molecule has 5 N–H and O–H groups in total. The van der Waals surface area contributed by atoms with E-state index in [1.54, 1.807) is 30.2 Å². The molecule has 6 rings (SSSR count). The molecule has 336 valence electrons. The molecule has 2 saturated heterocycles. The van der Waals surface area contributed by atoms with E-state index in [0.717, 1.165) is 54.7 Å². The van der Waals surface area contributed by atoms with Crippen molar-refractivity contribution in [1.82, 2.24) is 25.1 Å². The molecule has 17 nitrogen and oxygen atoms in total. The molecule has 0 radical (unpaired) electrons. The summed E-state index contributed by atoms with van der Waals surface area (Å²) in [5.74, 6) is 0.303. The van der Waals surface area contributed by atoms with Crippen molar-refractivity contribution in [1.29, 1.82) is 0 Å². The second-order valence-corrected chi connectivity index (χ2v) is 17.2. The summed E-state index contributed by atoms with van der Waals surface area (Å²) < 4.78 is 28.8. The molecule has 0 bridgehead atoms. The number of β-amino-alcohol motifs (C(OH)–C–C–N with tert-alkyl or cyclic N) is 1. The molecule has 9 atom stereocenters. The highest BCUT2D eigenvalue weighted by molar-refractivity contribution is 6.32. The van der Waals surface area contributed by atoms with Crippen molar-refractivity contribution < 1.29 is 43.2 Å². The first-order valence-corrected chi connectivity index (χ1v) is 21.7. The quantitative estimate of drug-likeness (QED) is 0.157. The molecule has 2 aliphatic carbocycles. The normalized spacial score (nSPS) is 27.6. The fourth-order valence-corrected chi connectivity index (χ4v) is 8.93. The van der Waals surface area contributed by atoms with E-state index in [2.05, 4.69) is 28.5 Å². The van der Waals surface area contributed by atoms with Crippen molar-refractivity contribution in [3.8, 4) is 0 Å². The van der Waals surface area contributed by atoms with Gasteiger partial charge in [-0.1, -0.05) is 45.9 Å². The van der Waals surface area contributed by atoms with Crippen LogP contribution in [0.2, 0.25) is 0 Å². The molecule has 1 aromatic heterocycles. The Morgan fingerprint density at radius 2 is 1.66 bits per heavy atom. The van der Waals surface area contributed by atoms with Crippen molar-refractivity contribution in [2.45, 2.75) is 115 Å². The summed E-state index contributed by atoms with van der Waals surface area (Å²) >= 11 is 0. The van der Waals surface area contributed by atoms with E-state index in [9.17, 15) is 19.5 Å². The highest BCUT2D eigenvalue weighted by Gasteiger charge is 2.43. The van der Waals surface area contributed by atoms with Gasteiger partial charge in [0, 0.05) is 45.0 Å². The van der Waals surface area contributed by atoms with Crippen LogP contribution in [0.3, 0.4) is 0 Å². The Hall–Kier alpha value is -4.26. The van der Waals surface area contributed by atoms with Crippen LogP contribution >= 0.6 is 0 Å². The summed E-state index contributed by atoms with van der Waals surface area (Å²) in [5, 5.41) is 13.2. The number of carbonyl (C=O) groups is 3. The number of amides is 3. The van der Waals surface area contributed by atoms with Gasteiger partial charge < -0.3 is 54.6 Å². The second kappa shape index (κ2) is 21.2. The zero-order valence-corrected chi connectivity index (χ0v) is 36.7. The third kappa shape index (κ3) is 10.7. The monoisotopic (exact) mass is 850 g/mol. The van der Waals surface area contributed by atoms with Crippen molar-refractivity contribution in [3.05, 3.63) is 47.1 Å². The summed E-state index contributed by atoms with van der Waals surface area (Å²) in [7, 11) is 4.57. The first-order valence-electron chi connectivity index (χ1n) is 21.7. The Balaban J connectivity index is 1.22. The zero-order valence-electron chi connectivity index (χ0n) is 36.7. The smallest absolute Gasteiger partial charge is 0.407 e. The number of aliphatic imine (C=N–C) groups is 2. The van der Waals surface area contributed by atoms with Crippen LogP contribution in [-0.4, -0.2) is 158 Å². The predicted octanol–water partition coefficient (Wildman–Crippen LogP) is 3.36. The van der Waals surface area contributed by atoms with Gasteiger partial charge >= 0.3 is 6.09 Å². The number of nitrogens with zero attached hydrogens (tertiary/aromatic N) is 5. The number of imidazole rings is 1. The molecule has 0 aromatic carbocycles. The van der Waals surface area contributed by atoms with Crippen LogP contribution in [0.15, 0.2) is 45.6 Å². The summed E-state index contributed by atoms with van der Waals surface area (Å²) in [5.41, 5.74) is 11.0. The molecule has 3 aliphatic heterocycles. The van der Waals surface area contributed by atoms with Gasteiger partial charge in [0.15, 0.2) is 6.17 Å². The van der Waals surface area contributed by atoms with Gasteiger partial charge in [0.25, 0.3) is 0 Å². The number of methoxy groups -OCH3 is 3. The number of alkyl carbamates (subject to hydrolysis) is 1. The molecule has 5 aliphatic rings. The van der Waals surface area contributed by atoms with Gasteiger partial charge in [-0.15, -0.1) is 0 Å². The maximum Gasteiger partial charge on any atom is 0.407 e. The number of aliphatic hydroxyl groups is 1. The summed E-state index contributed by atoms with van der Waals surface area (Å²) in [6.07, 6.45) is 11.7. The van der Waals surface area contributed by atoms with Gasteiger partial charge in [0.1, 0.15) is 24.1 Å². The van der Waals surface area contributed by atoms with Crippen molar-refractivity contribution in [2.75, 3.05) is 60.8 Å². The van der Waals surface area contributed by atoms with Gasteiger partial charge in [0.05, 0.1) is 75.4 Å². The number of hydrogen-bond acceptors (Lipinski definition) is 13. The zero-order chi connectivity index (χ0) is 43.8. The van der Waals surface area contributed by atoms with Crippen LogP contribution in [0, 0.1) is 17.8 Å². The first kappa shape index (κ1) is 46.2. The Bertz CT molecular complexity index is 1860. The minimum atomic E-state index is -0.736. The number of nitrogens with two attached hydrogens (primary N) is 1. The van der Waals surface area contributed by atoms with Crippen LogP contribution in [0.25, 0.3) is 5.57 Å². The molecule has 2 fully saturated rings. The molecule has 4 heterocycles. The topological polar surface area (TPSA) is 216 Å². The number of H-pyrrole nitrogens is 1. The third-order valence-corrected chi connectivity index (χ3v) is 12.4. The van der Waals surface area contributed by atoms with Gasteiger partial charge in [-0.05, 0) is 61.5 Å². The van der Waals surface area contributed by atoms with Crippen LogP contribution in [0.4, 0.5) is 4.79 Å². The predicted molar refractivity (Wildman–Crippen MR) is 230 cm³/mol. The average Bonchev–Trinajstić information content (AvgIpc) is 4.09. The number of aromatic nitrogens is 2. The van der Waals surface area contributed by atoms with E-state index in [1.165, 1.54) is 12.7 Å². The highest BCUT2D eigenvalue weighted by atomic mass is 16.6. The minimum Gasteiger partial charge on any atom is -0.453 e. The lowest BCUT2D eigenvalue weighted by atomic mass is 9.79. The molecular formula is C44H66N8O9. The molecule has 0 saturated carbocycles. The Labute approximate surface area is 359 Å². The first-order chi connectivity index (χ1) is 29.4. The van der Waals surface area contributed by atoms with Crippen LogP contribution in [-0.2, 0) is 33.3 Å². The molecule has 17 heteroatoms. The average molecular weight is 851 g/mol. The van der Waals surface area contributed by atoms with Gasteiger partial charge in [0.2, 0.25) is 11.8 Å². The highest BCUT2D eigenvalue weighted by Crippen LogP contribution is 2.40. The SMILES string of the molecule is COCCOC1C(C2=CCC(C3=NC(C4CC(O)CN4C(=O)C(N)C(C)C)N=C3)CC2)=CC=C(c2cnc(C3CCCN3C(=O)C(NC(=O)OC)C(C)C)[nH]2)C1OCCOC. The number of likely N-dealkylation sites (tertiary alicyclic amines) is 2. The fraction of sp³-hybridized carbons (Fsp3) is 0.682. The lowest BCUT2D eigenvalue weighted by molar-refractivity contribution is -0.136. The lowest BCUT2D eigenvalue weighted by Gasteiger charge is -2.35. The Morgan fingerprint density at radius 3 is 2.30 bits per heavy atom. The number of allylic oxidation sites excluding steroid dienone is 3. The summed E-state index contributed by atoms with van der Waals surface area (Å²) in [6, 6.07) is -2.00. The number of aliphatic hydroxyl groups excluding tert-OH is 1. The van der Waals surface area contributed by atoms with E-state index in [1.807, 2.05) is 33.9 Å². The minimum absolute atomic E-state index is 0.0217. The molecule has 9 unspecified atom stereocenters. The van der Waals surface area contributed by atoms with Crippen molar-refractivity contribution in [2.24, 2.45) is 33.5 Å². The van der Waals surface area contributed by atoms with Crippen molar-refractivity contribution >= 4 is 35.4 Å². The van der Waals surface area contributed by atoms with Gasteiger partial charge in [-0.3, -0.25) is 19.6 Å². The second-order valence-electron chi connectivity index (χ2n) is 17.2. The molecule has 0 spiro atoms. The summed E-state index contributed by atoms with van der Waals surface area (Å²) in [6.45, 7) is 9.89. The number of aromatic amines is 1. The van der Waals surface area contributed by atoms with E-state index >= 15 is 0 Å². The van der Waals surface area contributed by atoms with Crippen molar-refractivity contribution in [3.63, 3.8) is 0 Å². The van der Waals surface area contributed by atoms with E-state index in [4.69, 9.17) is 44.4 Å².